The summed E-state index contributed by atoms with van der Waals surface area (Å²) in [5, 5.41) is 8.77. The van der Waals surface area contributed by atoms with Gasteiger partial charge in [-0.25, -0.2) is 0 Å². The van der Waals surface area contributed by atoms with Crippen LogP contribution in [0, 0.1) is 0 Å². The van der Waals surface area contributed by atoms with E-state index in [0.717, 1.165) is 18.4 Å². The molecule has 0 amide bonds. The largest absolute Gasteiger partial charge is 0.396 e. The molecular formula is C15H22O. The molecule has 16 heavy (non-hydrogen) atoms. The van der Waals surface area contributed by atoms with E-state index in [1.54, 1.807) is 0 Å². The molecule has 0 aliphatic carbocycles. The van der Waals surface area contributed by atoms with Crippen LogP contribution in [0.3, 0.4) is 0 Å². The molecule has 0 aliphatic heterocycles. The van der Waals surface area contributed by atoms with Crippen LogP contribution in [-0.2, 0) is 5.41 Å². The lowest BCUT2D eigenvalue weighted by Crippen LogP contribution is -2.10. The summed E-state index contributed by atoms with van der Waals surface area (Å²) in [7, 11) is 0. The van der Waals surface area contributed by atoms with Gasteiger partial charge in [0, 0.05) is 6.61 Å². The summed E-state index contributed by atoms with van der Waals surface area (Å²) in [6, 6.07) is 8.58. The molecular weight excluding hydrogens is 196 g/mol. The van der Waals surface area contributed by atoms with Crippen molar-refractivity contribution >= 4 is 5.57 Å². The number of hydrogen-bond donors (Lipinski definition) is 1. The van der Waals surface area contributed by atoms with Crippen LogP contribution < -0.4 is 0 Å². The van der Waals surface area contributed by atoms with Gasteiger partial charge in [-0.2, -0.15) is 0 Å². The molecule has 0 radical (unpaired) electrons. The van der Waals surface area contributed by atoms with Gasteiger partial charge in [-0.1, -0.05) is 51.6 Å². The van der Waals surface area contributed by atoms with E-state index in [9.17, 15) is 0 Å². The Morgan fingerprint density at radius 1 is 1.19 bits per heavy atom. The van der Waals surface area contributed by atoms with E-state index in [4.69, 9.17) is 5.11 Å². The monoisotopic (exact) mass is 218 g/mol. The molecule has 0 bridgehead atoms. The molecule has 0 spiro atoms. The van der Waals surface area contributed by atoms with Crippen molar-refractivity contribution in [1.82, 2.24) is 0 Å². The number of allylic oxidation sites excluding steroid dienone is 1. The minimum Gasteiger partial charge on any atom is -0.396 e. The lowest BCUT2D eigenvalue weighted by molar-refractivity contribution is 0.290. The number of aliphatic hydroxyl groups is 1. The minimum absolute atomic E-state index is 0.199. The molecule has 0 aliphatic rings. The molecule has 1 heteroatoms. The highest BCUT2D eigenvalue weighted by atomic mass is 16.2. The van der Waals surface area contributed by atoms with Crippen LogP contribution in [0.4, 0.5) is 0 Å². The lowest BCUT2D eigenvalue weighted by Gasteiger charge is -2.19. The zero-order valence-electron chi connectivity index (χ0n) is 10.6. The van der Waals surface area contributed by atoms with Gasteiger partial charge < -0.3 is 5.11 Å². The normalized spacial score (nSPS) is 11.5. The summed E-state index contributed by atoms with van der Waals surface area (Å²) < 4.78 is 0. The first-order valence-corrected chi connectivity index (χ1v) is 5.84. The predicted molar refractivity (Wildman–Crippen MR) is 70.5 cm³/mol. The van der Waals surface area contributed by atoms with Crippen molar-refractivity contribution in [2.75, 3.05) is 6.61 Å². The summed E-state index contributed by atoms with van der Waals surface area (Å²) >= 11 is 0. The minimum atomic E-state index is 0.199. The van der Waals surface area contributed by atoms with Crippen LogP contribution in [0.5, 0.6) is 0 Å². The summed E-state index contributed by atoms with van der Waals surface area (Å²) in [6.45, 7) is 10.9. The zero-order valence-corrected chi connectivity index (χ0v) is 10.6. The third-order valence-corrected chi connectivity index (χ3v) is 2.80. The highest BCUT2D eigenvalue weighted by Gasteiger charge is 2.12. The van der Waals surface area contributed by atoms with E-state index in [2.05, 4.69) is 51.6 Å². The molecule has 0 heterocycles. The molecule has 1 aromatic rings. The van der Waals surface area contributed by atoms with Gasteiger partial charge in [0.1, 0.15) is 0 Å². The smallest absolute Gasteiger partial charge is 0.0434 e. The number of benzene rings is 1. The maximum absolute atomic E-state index is 8.77. The van der Waals surface area contributed by atoms with Crippen LogP contribution in [0.1, 0.15) is 44.7 Å². The van der Waals surface area contributed by atoms with Gasteiger partial charge in [0.2, 0.25) is 0 Å². The average Bonchev–Trinajstić information content (AvgIpc) is 2.25. The van der Waals surface area contributed by atoms with Crippen molar-refractivity contribution in [3.8, 4) is 0 Å². The molecule has 1 rings (SSSR count). The van der Waals surface area contributed by atoms with Gasteiger partial charge in [0.05, 0.1) is 0 Å². The highest BCUT2D eigenvalue weighted by molar-refractivity contribution is 5.63. The van der Waals surface area contributed by atoms with Gasteiger partial charge in [-0.05, 0) is 35.0 Å². The van der Waals surface area contributed by atoms with E-state index in [1.807, 2.05) is 0 Å². The quantitative estimate of drug-likeness (QED) is 0.815. The van der Waals surface area contributed by atoms with Crippen molar-refractivity contribution in [2.24, 2.45) is 0 Å². The number of aliphatic hydroxyl groups excluding tert-OH is 1. The fourth-order valence-electron chi connectivity index (χ4n) is 1.64. The first-order valence-electron chi connectivity index (χ1n) is 5.84. The van der Waals surface area contributed by atoms with E-state index in [0.29, 0.717) is 0 Å². The third kappa shape index (κ3) is 3.49. The predicted octanol–water partition coefficient (Wildman–Crippen LogP) is 3.77. The molecule has 0 fully saturated rings. The van der Waals surface area contributed by atoms with Crippen LogP contribution in [0.15, 0.2) is 30.8 Å². The summed E-state index contributed by atoms with van der Waals surface area (Å²) in [5.41, 5.74) is 3.83. The van der Waals surface area contributed by atoms with E-state index in [-0.39, 0.29) is 12.0 Å². The second kappa shape index (κ2) is 5.31. The van der Waals surface area contributed by atoms with Gasteiger partial charge in [0.15, 0.2) is 0 Å². The van der Waals surface area contributed by atoms with Crippen molar-refractivity contribution in [2.45, 2.75) is 39.0 Å². The Morgan fingerprint density at radius 2 is 1.75 bits per heavy atom. The van der Waals surface area contributed by atoms with Gasteiger partial charge in [-0.15, -0.1) is 0 Å². The van der Waals surface area contributed by atoms with Crippen molar-refractivity contribution in [3.05, 3.63) is 42.0 Å². The maximum atomic E-state index is 8.77. The van der Waals surface area contributed by atoms with Crippen LogP contribution in [0.25, 0.3) is 5.57 Å². The standard InChI is InChI=1S/C15H22O/c1-12(6-5-11-16)13-7-9-14(10-8-13)15(2,3)4/h7-10,16H,1,5-6,11H2,2-4H3. The molecule has 0 saturated heterocycles. The fraction of sp³-hybridized carbons (Fsp3) is 0.467. The number of hydrogen-bond acceptors (Lipinski definition) is 1. The van der Waals surface area contributed by atoms with E-state index >= 15 is 0 Å². The van der Waals surface area contributed by atoms with E-state index in [1.165, 1.54) is 11.1 Å². The molecule has 88 valence electrons. The Bertz CT molecular complexity index is 341. The number of rotatable bonds is 4. The highest BCUT2D eigenvalue weighted by Crippen LogP contribution is 2.25. The van der Waals surface area contributed by atoms with Gasteiger partial charge in [0.25, 0.3) is 0 Å². The molecule has 1 aromatic carbocycles. The topological polar surface area (TPSA) is 20.2 Å². The van der Waals surface area contributed by atoms with Crippen molar-refractivity contribution in [1.29, 1.82) is 0 Å². The Kier molecular flexibility index (Phi) is 4.31. The molecule has 0 unspecified atom stereocenters. The van der Waals surface area contributed by atoms with Gasteiger partial charge in [-0.3, -0.25) is 0 Å². The Labute approximate surface area is 98.8 Å². The molecule has 0 saturated carbocycles. The van der Waals surface area contributed by atoms with E-state index < -0.39 is 0 Å². The lowest BCUT2D eigenvalue weighted by atomic mass is 9.86. The first kappa shape index (κ1) is 13.0. The molecule has 1 N–H and O–H groups in total. The fourth-order valence-corrected chi connectivity index (χ4v) is 1.64. The third-order valence-electron chi connectivity index (χ3n) is 2.80. The van der Waals surface area contributed by atoms with Crippen LogP contribution >= 0.6 is 0 Å². The second-order valence-corrected chi connectivity index (χ2v) is 5.26. The molecule has 0 atom stereocenters. The Balaban J connectivity index is 2.75. The SMILES string of the molecule is C=C(CCCO)c1ccc(C(C)(C)C)cc1. The van der Waals surface area contributed by atoms with Gasteiger partial charge >= 0.3 is 0 Å². The molecule has 0 aromatic heterocycles. The summed E-state index contributed by atoms with van der Waals surface area (Å²) in [6.07, 6.45) is 1.66. The Hall–Kier alpha value is -1.08. The molecule has 1 nitrogen and oxygen atoms in total. The van der Waals surface area contributed by atoms with Crippen molar-refractivity contribution in [3.63, 3.8) is 0 Å². The van der Waals surface area contributed by atoms with Crippen LogP contribution in [0.2, 0.25) is 0 Å². The summed E-state index contributed by atoms with van der Waals surface area (Å²) in [5.74, 6) is 0. The second-order valence-electron chi connectivity index (χ2n) is 5.26. The zero-order chi connectivity index (χ0) is 12.2. The van der Waals surface area contributed by atoms with Crippen molar-refractivity contribution < 1.29 is 5.11 Å². The average molecular weight is 218 g/mol. The maximum Gasteiger partial charge on any atom is 0.0434 e. The summed E-state index contributed by atoms with van der Waals surface area (Å²) in [4.78, 5) is 0. The Morgan fingerprint density at radius 3 is 2.19 bits per heavy atom. The van der Waals surface area contributed by atoms with Crippen LogP contribution in [-0.4, -0.2) is 11.7 Å². The first-order chi connectivity index (χ1) is 7.45.